The van der Waals surface area contributed by atoms with E-state index in [0.29, 0.717) is 18.4 Å². The van der Waals surface area contributed by atoms with Gasteiger partial charge in [0.25, 0.3) is 0 Å². The van der Waals surface area contributed by atoms with Crippen molar-refractivity contribution in [1.82, 2.24) is 15.1 Å². The van der Waals surface area contributed by atoms with Gasteiger partial charge in [0.15, 0.2) is 0 Å². The zero-order valence-corrected chi connectivity index (χ0v) is 14.6. The van der Waals surface area contributed by atoms with E-state index in [4.69, 9.17) is 0 Å². The highest BCUT2D eigenvalue weighted by Gasteiger charge is 2.39. The number of nitrogens with one attached hydrogen (secondary N) is 1. The van der Waals surface area contributed by atoms with Crippen LogP contribution < -0.4 is 5.32 Å². The molecule has 26 heavy (non-hydrogen) atoms. The molecule has 1 saturated heterocycles. The molecule has 0 spiro atoms. The molecule has 7 nitrogen and oxygen atoms in total. The Balaban J connectivity index is 1.64. The highest BCUT2D eigenvalue weighted by molar-refractivity contribution is 6.38. The highest BCUT2D eigenvalue weighted by Crippen LogP contribution is 2.24. The highest BCUT2D eigenvalue weighted by atomic mass is 16.2. The van der Waals surface area contributed by atoms with Gasteiger partial charge in [0, 0.05) is 19.1 Å². The second-order valence-electron chi connectivity index (χ2n) is 6.72. The van der Waals surface area contributed by atoms with Crippen molar-refractivity contribution in [2.45, 2.75) is 44.2 Å². The van der Waals surface area contributed by atoms with Crippen LogP contribution in [0.15, 0.2) is 30.3 Å². The van der Waals surface area contributed by atoms with Crippen LogP contribution in [0.3, 0.4) is 0 Å². The van der Waals surface area contributed by atoms with Gasteiger partial charge >= 0.3 is 17.8 Å². The van der Waals surface area contributed by atoms with Crippen LogP contribution in [0.5, 0.6) is 0 Å². The minimum Gasteiger partial charge on any atom is -0.330 e. The number of benzene rings is 1. The van der Waals surface area contributed by atoms with Gasteiger partial charge in [-0.2, -0.15) is 0 Å². The third-order valence-corrected chi connectivity index (χ3v) is 5.09. The molecule has 138 valence electrons. The molecule has 1 saturated carbocycles. The van der Waals surface area contributed by atoms with E-state index in [0.717, 1.165) is 37.0 Å². The fraction of sp³-hybridized carbons (Fsp3) is 0.474. The Bertz CT molecular complexity index is 685. The van der Waals surface area contributed by atoms with Gasteiger partial charge in [-0.3, -0.25) is 14.5 Å². The fourth-order valence-electron chi connectivity index (χ4n) is 3.65. The fourth-order valence-corrected chi connectivity index (χ4v) is 3.65. The summed E-state index contributed by atoms with van der Waals surface area (Å²) in [5.74, 6) is -1.45. The Morgan fingerprint density at radius 3 is 2.38 bits per heavy atom. The summed E-state index contributed by atoms with van der Waals surface area (Å²) >= 11 is 0. The molecular formula is C19H23N3O4. The number of urea groups is 1. The summed E-state index contributed by atoms with van der Waals surface area (Å²) in [5, 5.41) is 2.53. The molecule has 1 aromatic carbocycles. The molecule has 1 unspecified atom stereocenters. The van der Waals surface area contributed by atoms with Crippen molar-refractivity contribution in [2.75, 3.05) is 13.1 Å². The van der Waals surface area contributed by atoms with Gasteiger partial charge in [0.1, 0.15) is 12.3 Å². The van der Waals surface area contributed by atoms with E-state index in [1.807, 2.05) is 0 Å². The number of carbonyl (C=O) groups excluding carboxylic acids is 4. The van der Waals surface area contributed by atoms with Gasteiger partial charge in [-0.25, -0.2) is 4.79 Å². The second-order valence-corrected chi connectivity index (χ2v) is 6.72. The summed E-state index contributed by atoms with van der Waals surface area (Å²) < 4.78 is 0. The number of piperazine rings is 1. The number of hydrogen-bond acceptors (Lipinski definition) is 4. The summed E-state index contributed by atoms with van der Waals surface area (Å²) in [6, 6.07) is 7.28. The number of amides is 4. The molecule has 4 amide bonds. The SMILES string of the molecule is O=CC(NC(=O)N1CCN(C2CCCCC2)C(=O)C1=O)c1ccccc1. The van der Waals surface area contributed by atoms with Crippen molar-refractivity contribution >= 4 is 24.1 Å². The topological polar surface area (TPSA) is 86.8 Å². The van der Waals surface area contributed by atoms with Gasteiger partial charge in [0.05, 0.1) is 0 Å². The van der Waals surface area contributed by atoms with E-state index in [1.165, 1.54) is 0 Å². The molecule has 1 aliphatic carbocycles. The Labute approximate surface area is 152 Å². The summed E-state index contributed by atoms with van der Waals surface area (Å²) in [4.78, 5) is 51.2. The molecule has 1 aromatic rings. The normalized spacial score (nSPS) is 20.0. The maximum atomic E-state index is 12.4. The van der Waals surface area contributed by atoms with Crippen molar-refractivity contribution in [3.63, 3.8) is 0 Å². The molecule has 3 rings (SSSR count). The van der Waals surface area contributed by atoms with E-state index >= 15 is 0 Å². The predicted molar refractivity (Wildman–Crippen MR) is 94.1 cm³/mol. The molecule has 1 atom stereocenters. The van der Waals surface area contributed by atoms with Crippen molar-refractivity contribution in [2.24, 2.45) is 0 Å². The minimum atomic E-state index is -0.858. The van der Waals surface area contributed by atoms with Gasteiger partial charge in [-0.05, 0) is 18.4 Å². The van der Waals surface area contributed by atoms with Gasteiger partial charge in [-0.1, -0.05) is 49.6 Å². The second kappa shape index (κ2) is 8.12. The van der Waals surface area contributed by atoms with Crippen LogP contribution in [0.2, 0.25) is 0 Å². The van der Waals surface area contributed by atoms with E-state index in [-0.39, 0.29) is 12.6 Å². The summed E-state index contributed by atoms with van der Waals surface area (Å²) in [6.07, 6.45) is 5.71. The zero-order chi connectivity index (χ0) is 18.5. The maximum Gasteiger partial charge on any atom is 0.325 e. The Kier molecular flexibility index (Phi) is 5.65. The van der Waals surface area contributed by atoms with Crippen molar-refractivity contribution in [3.8, 4) is 0 Å². The van der Waals surface area contributed by atoms with Gasteiger partial charge in [-0.15, -0.1) is 0 Å². The monoisotopic (exact) mass is 357 g/mol. The quantitative estimate of drug-likeness (QED) is 0.656. The average molecular weight is 357 g/mol. The van der Waals surface area contributed by atoms with Gasteiger partial charge in [0.2, 0.25) is 0 Å². The van der Waals surface area contributed by atoms with Crippen LogP contribution in [0.4, 0.5) is 4.79 Å². The van der Waals surface area contributed by atoms with Crippen molar-refractivity contribution in [1.29, 1.82) is 0 Å². The number of carbonyl (C=O) groups is 4. The van der Waals surface area contributed by atoms with Crippen LogP contribution in [-0.2, 0) is 14.4 Å². The molecule has 2 fully saturated rings. The lowest BCUT2D eigenvalue weighted by Crippen LogP contribution is -2.60. The van der Waals surface area contributed by atoms with Crippen molar-refractivity contribution in [3.05, 3.63) is 35.9 Å². The van der Waals surface area contributed by atoms with Crippen LogP contribution in [0.1, 0.15) is 43.7 Å². The first-order chi connectivity index (χ1) is 12.6. The summed E-state index contributed by atoms with van der Waals surface area (Å²) in [7, 11) is 0. The summed E-state index contributed by atoms with van der Waals surface area (Å²) in [6.45, 7) is 0.493. The lowest BCUT2D eigenvalue weighted by atomic mass is 9.93. The first-order valence-corrected chi connectivity index (χ1v) is 9.05. The summed E-state index contributed by atoms with van der Waals surface area (Å²) in [5.41, 5.74) is 0.621. The van der Waals surface area contributed by atoms with Crippen molar-refractivity contribution < 1.29 is 19.2 Å². The molecule has 7 heteroatoms. The first kappa shape index (κ1) is 18.1. The smallest absolute Gasteiger partial charge is 0.325 e. The first-order valence-electron chi connectivity index (χ1n) is 9.05. The lowest BCUT2D eigenvalue weighted by molar-refractivity contribution is -0.156. The van der Waals surface area contributed by atoms with E-state index in [1.54, 1.807) is 35.2 Å². The van der Waals surface area contributed by atoms with Gasteiger partial charge < -0.3 is 15.0 Å². The molecule has 1 heterocycles. The number of imide groups is 1. The number of hydrogen-bond donors (Lipinski definition) is 1. The molecule has 1 N–H and O–H groups in total. The Morgan fingerprint density at radius 1 is 1.04 bits per heavy atom. The number of aldehydes is 1. The maximum absolute atomic E-state index is 12.4. The number of nitrogens with zero attached hydrogens (tertiary/aromatic N) is 2. The van der Waals surface area contributed by atoms with Crippen LogP contribution in [0, 0.1) is 0 Å². The molecule has 1 aliphatic heterocycles. The number of rotatable bonds is 4. The third kappa shape index (κ3) is 3.76. The molecular weight excluding hydrogens is 334 g/mol. The molecule has 0 aromatic heterocycles. The van der Waals surface area contributed by atoms with Crippen LogP contribution in [-0.4, -0.2) is 53.1 Å². The molecule has 0 bridgehead atoms. The Hall–Kier alpha value is -2.70. The average Bonchev–Trinajstić information content (AvgIpc) is 2.69. The third-order valence-electron chi connectivity index (χ3n) is 5.09. The largest absolute Gasteiger partial charge is 0.330 e. The van der Waals surface area contributed by atoms with Crippen LogP contribution in [0.25, 0.3) is 0 Å². The predicted octanol–water partition coefficient (Wildman–Crippen LogP) is 1.64. The minimum absolute atomic E-state index is 0.0949. The molecule has 2 aliphatic rings. The van der Waals surface area contributed by atoms with E-state index in [2.05, 4.69) is 5.32 Å². The Morgan fingerprint density at radius 2 is 1.73 bits per heavy atom. The standard InChI is InChI=1S/C19H23N3O4/c23-13-16(14-7-3-1-4-8-14)20-19(26)22-12-11-21(17(24)18(22)25)15-9-5-2-6-10-15/h1,3-4,7-8,13,15-16H,2,5-6,9-12H2,(H,20,26). The lowest BCUT2D eigenvalue weighted by Gasteiger charge is -2.39. The van der Waals surface area contributed by atoms with E-state index in [9.17, 15) is 19.2 Å². The molecule has 0 radical (unpaired) electrons. The zero-order valence-electron chi connectivity index (χ0n) is 14.6. The van der Waals surface area contributed by atoms with Crippen LogP contribution >= 0.6 is 0 Å². The van der Waals surface area contributed by atoms with E-state index < -0.39 is 23.9 Å².